The Morgan fingerprint density at radius 2 is 1.86 bits per heavy atom. The van der Waals surface area contributed by atoms with Crippen molar-refractivity contribution >= 4 is 11.6 Å². The zero-order valence-corrected chi connectivity index (χ0v) is 9.59. The summed E-state index contributed by atoms with van der Waals surface area (Å²) in [5.41, 5.74) is 7.28. The monoisotopic (exact) mass is 211 g/mol. The van der Waals surface area contributed by atoms with Gasteiger partial charge in [-0.15, -0.1) is 0 Å². The first-order chi connectivity index (χ1) is 6.63. The minimum Gasteiger partial charge on any atom is -0.327 e. The lowest BCUT2D eigenvalue weighted by atomic mass is 9.93. The third kappa shape index (κ3) is 3.32. The van der Waals surface area contributed by atoms with E-state index < -0.39 is 0 Å². The molecule has 0 bridgehead atoms. The van der Waals surface area contributed by atoms with E-state index in [1.807, 2.05) is 12.1 Å². The van der Waals surface area contributed by atoms with Crippen molar-refractivity contribution in [3.05, 3.63) is 34.9 Å². The predicted octanol–water partition coefficient (Wildman–Crippen LogP) is 3.26. The molecule has 0 spiro atoms. The van der Waals surface area contributed by atoms with E-state index in [2.05, 4.69) is 26.0 Å². The van der Waals surface area contributed by atoms with Gasteiger partial charge in [0.15, 0.2) is 0 Å². The molecule has 1 rings (SSSR count). The average molecular weight is 212 g/mol. The highest BCUT2D eigenvalue weighted by Crippen LogP contribution is 2.15. The number of rotatable bonds is 4. The fourth-order valence-corrected chi connectivity index (χ4v) is 1.67. The number of hydrogen-bond donors (Lipinski definition) is 1. The maximum Gasteiger partial charge on any atom is 0.0406 e. The smallest absolute Gasteiger partial charge is 0.0406 e. The summed E-state index contributed by atoms with van der Waals surface area (Å²) in [6.45, 7) is 4.33. The third-order valence-electron chi connectivity index (χ3n) is 2.67. The first-order valence-electron chi connectivity index (χ1n) is 5.13. The second-order valence-electron chi connectivity index (χ2n) is 3.88. The SMILES string of the molecule is CCC(N)C(C)Cc1ccc(Cl)cc1. The van der Waals surface area contributed by atoms with Crippen LogP contribution >= 0.6 is 11.6 Å². The second kappa shape index (κ2) is 5.38. The van der Waals surface area contributed by atoms with Gasteiger partial charge in [-0.1, -0.05) is 37.6 Å². The zero-order valence-electron chi connectivity index (χ0n) is 8.83. The molecule has 2 N–H and O–H groups in total. The Morgan fingerprint density at radius 3 is 2.36 bits per heavy atom. The van der Waals surface area contributed by atoms with E-state index >= 15 is 0 Å². The molecular formula is C12H18ClN. The van der Waals surface area contributed by atoms with Crippen LogP contribution in [0.3, 0.4) is 0 Å². The molecule has 0 aliphatic carbocycles. The van der Waals surface area contributed by atoms with E-state index in [1.54, 1.807) is 0 Å². The lowest BCUT2D eigenvalue weighted by Crippen LogP contribution is -2.28. The number of nitrogens with two attached hydrogens (primary N) is 1. The molecule has 1 nitrogen and oxygen atoms in total. The van der Waals surface area contributed by atoms with Crippen LogP contribution < -0.4 is 5.73 Å². The van der Waals surface area contributed by atoms with Crippen LogP contribution in [0.5, 0.6) is 0 Å². The van der Waals surface area contributed by atoms with E-state index in [1.165, 1.54) is 5.56 Å². The van der Waals surface area contributed by atoms with Gasteiger partial charge in [0.1, 0.15) is 0 Å². The molecule has 0 heterocycles. The van der Waals surface area contributed by atoms with Gasteiger partial charge in [-0.2, -0.15) is 0 Å². The molecule has 2 heteroatoms. The van der Waals surface area contributed by atoms with Crippen molar-refractivity contribution in [1.82, 2.24) is 0 Å². The van der Waals surface area contributed by atoms with Crippen molar-refractivity contribution in [2.45, 2.75) is 32.7 Å². The highest BCUT2D eigenvalue weighted by molar-refractivity contribution is 6.30. The standard InChI is InChI=1S/C12H18ClN/c1-3-12(14)9(2)8-10-4-6-11(13)7-5-10/h4-7,9,12H,3,8,14H2,1-2H3. The fraction of sp³-hybridized carbons (Fsp3) is 0.500. The zero-order chi connectivity index (χ0) is 10.6. The van der Waals surface area contributed by atoms with Crippen molar-refractivity contribution in [3.63, 3.8) is 0 Å². The average Bonchev–Trinajstić information content (AvgIpc) is 2.20. The molecule has 0 aliphatic heterocycles. The number of halogens is 1. The van der Waals surface area contributed by atoms with Crippen molar-refractivity contribution in [3.8, 4) is 0 Å². The largest absolute Gasteiger partial charge is 0.327 e. The summed E-state index contributed by atoms with van der Waals surface area (Å²) in [6.07, 6.45) is 2.07. The Kier molecular flexibility index (Phi) is 4.43. The molecule has 78 valence electrons. The molecule has 0 amide bonds. The molecule has 2 unspecified atom stereocenters. The van der Waals surface area contributed by atoms with Crippen molar-refractivity contribution in [1.29, 1.82) is 0 Å². The molecular weight excluding hydrogens is 194 g/mol. The summed E-state index contributed by atoms with van der Waals surface area (Å²) in [7, 11) is 0. The van der Waals surface area contributed by atoms with Crippen molar-refractivity contribution < 1.29 is 0 Å². The van der Waals surface area contributed by atoms with Crippen molar-refractivity contribution in [2.24, 2.45) is 11.7 Å². The van der Waals surface area contributed by atoms with Gasteiger partial charge >= 0.3 is 0 Å². The fourth-order valence-electron chi connectivity index (χ4n) is 1.55. The van der Waals surface area contributed by atoms with Crippen LogP contribution in [0.25, 0.3) is 0 Å². The number of hydrogen-bond acceptors (Lipinski definition) is 1. The van der Waals surface area contributed by atoms with Crippen LogP contribution in [0.2, 0.25) is 5.02 Å². The molecule has 14 heavy (non-hydrogen) atoms. The van der Waals surface area contributed by atoms with Crippen LogP contribution in [0.1, 0.15) is 25.8 Å². The highest BCUT2D eigenvalue weighted by Gasteiger charge is 2.10. The normalized spacial score (nSPS) is 15.1. The molecule has 2 atom stereocenters. The van der Waals surface area contributed by atoms with Crippen LogP contribution in [-0.2, 0) is 6.42 Å². The summed E-state index contributed by atoms with van der Waals surface area (Å²) in [5, 5.41) is 0.793. The lowest BCUT2D eigenvalue weighted by molar-refractivity contribution is 0.442. The second-order valence-corrected chi connectivity index (χ2v) is 4.32. The molecule has 0 fully saturated rings. The van der Waals surface area contributed by atoms with Gasteiger partial charge in [0, 0.05) is 11.1 Å². The summed E-state index contributed by atoms with van der Waals surface area (Å²) >= 11 is 5.81. The maximum atomic E-state index is 5.97. The summed E-state index contributed by atoms with van der Waals surface area (Å²) in [5.74, 6) is 0.529. The van der Waals surface area contributed by atoms with E-state index in [-0.39, 0.29) is 0 Å². The van der Waals surface area contributed by atoms with Gasteiger partial charge in [0.2, 0.25) is 0 Å². The minimum atomic E-state index is 0.297. The Labute approximate surface area is 91.3 Å². The number of benzene rings is 1. The van der Waals surface area contributed by atoms with Gasteiger partial charge in [-0.25, -0.2) is 0 Å². The Hall–Kier alpha value is -0.530. The quantitative estimate of drug-likeness (QED) is 0.813. The van der Waals surface area contributed by atoms with Crippen LogP contribution in [0.15, 0.2) is 24.3 Å². The Morgan fingerprint density at radius 1 is 1.29 bits per heavy atom. The molecule has 0 radical (unpaired) electrons. The molecule has 0 aromatic heterocycles. The molecule has 1 aromatic rings. The van der Waals surface area contributed by atoms with Crippen LogP contribution in [0, 0.1) is 5.92 Å². The van der Waals surface area contributed by atoms with Crippen LogP contribution in [0.4, 0.5) is 0 Å². The van der Waals surface area contributed by atoms with E-state index in [9.17, 15) is 0 Å². The Bertz CT molecular complexity index is 268. The van der Waals surface area contributed by atoms with Gasteiger partial charge in [0.05, 0.1) is 0 Å². The van der Waals surface area contributed by atoms with Crippen molar-refractivity contribution in [2.75, 3.05) is 0 Å². The van der Waals surface area contributed by atoms with E-state index in [0.29, 0.717) is 12.0 Å². The first-order valence-corrected chi connectivity index (χ1v) is 5.51. The summed E-state index contributed by atoms with van der Waals surface area (Å²) in [6, 6.07) is 8.30. The minimum absolute atomic E-state index is 0.297. The maximum absolute atomic E-state index is 5.97. The summed E-state index contributed by atoms with van der Waals surface area (Å²) < 4.78 is 0. The molecule has 1 aromatic carbocycles. The van der Waals surface area contributed by atoms with Gasteiger partial charge < -0.3 is 5.73 Å². The third-order valence-corrected chi connectivity index (χ3v) is 2.93. The predicted molar refractivity (Wildman–Crippen MR) is 62.6 cm³/mol. The Balaban J connectivity index is 2.56. The van der Waals surface area contributed by atoms with E-state index in [4.69, 9.17) is 17.3 Å². The molecule has 0 saturated carbocycles. The van der Waals surface area contributed by atoms with Crippen LogP contribution in [-0.4, -0.2) is 6.04 Å². The topological polar surface area (TPSA) is 26.0 Å². The van der Waals surface area contributed by atoms with Gasteiger partial charge in [-0.3, -0.25) is 0 Å². The van der Waals surface area contributed by atoms with E-state index in [0.717, 1.165) is 17.9 Å². The molecule has 0 saturated heterocycles. The summed E-state index contributed by atoms with van der Waals surface area (Å²) in [4.78, 5) is 0. The van der Waals surface area contributed by atoms with Gasteiger partial charge in [-0.05, 0) is 36.5 Å². The van der Waals surface area contributed by atoms with Gasteiger partial charge in [0.25, 0.3) is 0 Å². The first kappa shape index (κ1) is 11.5. The highest BCUT2D eigenvalue weighted by atomic mass is 35.5. The lowest BCUT2D eigenvalue weighted by Gasteiger charge is -2.18. The molecule has 0 aliphatic rings.